The van der Waals surface area contributed by atoms with E-state index in [1.807, 2.05) is 0 Å². The molecule has 0 saturated carbocycles. The van der Waals surface area contributed by atoms with Crippen LogP contribution in [0.1, 0.15) is 12.0 Å². The number of nitrogens with two attached hydrogens (primary N) is 1. The summed E-state index contributed by atoms with van der Waals surface area (Å²) in [6, 6.07) is 1.76. The van der Waals surface area contributed by atoms with E-state index in [2.05, 4.69) is 4.98 Å². The highest BCUT2D eigenvalue weighted by molar-refractivity contribution is 7.80. The molecule has 0 bridgehead atoms. The molecule has 4 nitrogen and oxygen atoms in total. The van der Waals surface area contributed by atoms with Crippen molar-refractivity contribution in [2.45, 2.75) is 12.5 Å². The van der Waals surface area contributed by atoms with Crippen molar-refractivity contribution in [1.82, 2.24) is 4.98 Å². The zero-order valence-electron chi connectivity index (χ0n) is 8.18. The first-order chi connectivity index (χ1) is 7.27. The van der Waals surface area contributed by atoms with Crippen LogP contribution in [0.15, 0.2) is 18.5 Å². The Morgan fingerprint density at radius 1 is 1.67 bits per heavy atom. The van der Waals surface area contributed by atoms with Gasteiger partial charge in [-0.3, -0.25) is 4.98 Å². The first kappa shape index (κ1) is 10.3. The molecule has 0 radical (unpaired) electrons. The van der Waals surface area contributed by atoms with Gasteiger partial charge in [0.05, 0.1) is 25.0 Å². The minimum absolute atomic E-state index is 0.0855. The van der Waals surface area contributed by atoms with Gasteiger partial charge in [0.2, 0.25) is 0 Å². The molecule has 1 aliphatic rings. The zero-order chi connectivity index (χ0) is 10.7. The lowest BCUT2D eigenvalue weighted by Crippen LogP contribution is -2.19. The van der Waals surface area contributed by atoms with Gasteiger partial charge in [-0.25, -0.2) is 0 Å². The first-order valence-electron chi connectivity index (χ1n) is 4.75. The average molecular weight is 224 g/mol. The second kappa shape index (κ2) is 4.55. The molecule has 0 aromatic carbocycles. The number of aromatic nitrogens is 1. The highest BCUT2D eigenvalue weighted by Gasteiger charge is 2.19. The van der Waals surface area contributed by atoms with Crippen molar-refractivity contribution in [3.05, 3.63) is 24.0 Å². The minimum Gasteiger partial charge on any atom is -0.486 e. The lowest BCUT2D eigenvalue weighted by molar-refractivity contribution is 0.141. The highest BCUT2D eigenvalue weighted by atomic mass is 32.1. The molecule has 15 heavy (non-hydrogen) atoms. The highest BCUT2D eigenvalue weighted by Crippen LogP contribution is 2.20. The number of hydrogen-bond donors (Lipinski definition) is 1. The van der Waals surface area contributed by atoms with E-state index < -0.39 is 0 Å². The van der Waals surface area contributed by atoms with Gasteiger partial charge < -0.3 is 15.2 Å². The van der Waals surface area contributed by atoms with E-state index in [9.17, 15) is 0 Å². The van der Waals surface area contributed by atoms with Crippen molar-refractivity contribution in [3.8, 4) is 5.75 Å². The summed E-state index contributed by atoms with van der Waals surface area (Å²) in [6.45, 7) is 1.36. The number of nitrogens with zero attached hydrogens (tertiary/aromatic N) is 1. The summed E-state index contributed by atoms with van der Waals surface area (Å²) in [5.74, 6) is 0.639. The van der Waals surface area contributed by atoms with Gasteiger partial charge in [0.25, 0.3) is 0 Å². The molecule has 80 valence electrons. The number of hydrogen-bond acceptors (Lipinski definition) is 4. The van der Waals surface area contributed by atoms with Crippen LogP contribution < -0.4 is 10.5 Å². The van der Waals surface area contributed by atoms with Crippen molar-refractivity contribution in [2.75, 3.05) is 13.2 Å². The van der Waals surface area contributed by atoms with Gasteiger partial charge >= 0.3 is 0 Å². The Balaban J connectivity index is 2.15. The van der Waals surface area contributed by atoms with Crippen LogP contribution in [-0.4, -0.2) is 29.3 Å². The number of rotatable bonds is 3. The molecular weight excluding hydrogens is 212 g/mol. The van der Waals surface area contributed by atoms with E-state index in [1.54, 1.807) is 18.5 Å². The lowest BCUT2D eigenvalue weighted by atomic mass is 10.2. The summed E-state index contributed by atoms with van der Waals surface area (Å²) in [5, 5.41) is 0. The third kappa shape index (κ3) is 2.43. The molecule has 2 N–H and O–H groups in total. The van der Waals surface area contributed by atoms with Gasteiger partial charge in [0.1, 0.15) is 16.8 Å². The summed E-state index contributed by atoms with van der Waals surface area (Å²) in [4.78, 5) is 4.31. The fourth-order valence-corrected chi connectivity index (χ4v) is 1.63. The largest absolute Gasteiger partial charge is 0.486 e. The van der Waals surface area contributed by atoms with Gasteiger partial charge in [-0.15, -0.1) is 0 Å². The van der Waals surface area contributed by atoms with Crippen LogP contribution in [0.2, 0.25) is 0 Å². The van der Waals surface area contributed by atoms with Crippen LogP contribution >= 0.6 is 12.2 Å². The summed E-state index contributed by atoms with van der Waals surface area (Å²) < 4.78 is 10.9. The van der Waals surface area contributed by atoms with Crippen LogP contribution in [0, 0.1) is 0 Å². The molecule has 0 aliphatic carbocycles. The molecule has 1 fully saturated rings. The minimum atomic E-state index is 0.0855. The quantitative estimate of drug-likeness (QED) is 0.772. The lowest BCUT2D eigenvalue weighted by Gasteiger charge is -2.14. The van der Waals surface area contributed by atoms with Gasteiger partial charge in [-0.05, 0) is 6.07 Å². The smallest absolute Gasteiger partial charge is 0.148 e. The van der Waals surface area contributed by atoms with E-state index in [0.717, 1.165) is 18.6 Å². The molecule has 1 aliphatic heterocycles. The van der Waals surface area contributed by atoms with E-state index in [4.69, 9.17) is 27.4 Å². The number of thiocarbonyl (C=S) groups is 1. The Morgan fingerprint density at radius 3 is 3.20 bits per heavy atom. The molecule has 1 aromatic rings. The maximum atomic E-state index is 5.71. The fraction of sp³-hybridized carbons (Fsp3) is 0.400. The van der Waals surface area contributed by atoms with Crippen LogP contribution in [0.5, 0.6) is 5.75 Å². The SMILES string of the molecule is NC(=S)c1ccncc1OC1CCOC1. The van der Waals surface area contributed by atoms with Gasteiger partial charge in [-0.2, -0.15) is 0 Å². The van der Waals surface area contributed by atoms with Crippen LogP contribution in [0.4, 0.5) is 0 Å². The van der Waals surface area contributed by atoms with Crippen molar-refractivity contribution in [3.63, 3.8) is 0 Å². The maximum Gasteiger partial charge on any atom is 0.148 e. The van der Waals surface area contributed by atoms with Crippen LogP contribution in [-0.2, 0) is 4.74 Å². The van der Waals surface area contributed by atoms with Gasteiger partial charge in [0, 0.05) is 12.6 Å². The molecule has 0 spiro atoms. The molecule has 1 saturated heterocycles. The van der Waals surface area contributed by atoms with E-state index in [0.29, 0.717) is 17.3 Å². The molecule has 5 heteroatoms. The molecular formula is C10H12N2O2S. The average Bonchev–Trinajstić information content (AvgIpc) is 2.71. The van der Waals surface area contributed by atoms with Crippen molar-refractivity contribution in [2.24, 2.45) is 5.73 Å². The standard InChI is InChI=1S/C10H12N2O2S/c11-10(15)8-1-3-12-5-9(8)14-7-2-4-13-6-7/h1,3,5,7H,2,4,6H2,(H2,11,15). The Bertz CT molecular complexity index is 364. The molecule has 2 heterocycles. The molecule has 0 amide bonds. The third-order valence-electron chi connectivity index (χ3n) is 2.23. The molecule has 1 unspecified atom stereocenters. The van der Waals surface area contributed by atoms with Gasteiger partial charge in [-0.1, -0.05) is 12.2 Å². The van der Waals surface area contributed by atoms with Crippen molar-refractivity contribution < 1.29 is 9.47 Å². The fourth-order valence-electron chi connectivity index (χ4n) is 1.46. The second-order valence-corrected chi connectivity index (χ2v) is 3.78. The Kier molecular flexibility index (Phi) is 3.13. The summed E-state index contributed by atoms with van der Waals surface area (Å²) in [7, 11) is 0. The molecule has 1 atom stereocenters. The van der Waals surface area contributed by atoms with Crippen molar-refractivity contribution in [1.29, 1.82) is 0 Å². The topological polar surface area (TPSA) is 57.4 Å². The third-order valence-corrected chi connectivity index (χ3v) is 2.45. The summed E-state index contributed by atoms with van der Waals surface area (Å²) in [5.41, 5.74) is 6.31. The monoisotopic (exact) mass is 224 g/mol. The number of ether oxygens (including phenoxy) is 2. The predicted molar refractivity (Wildman–Crippen MR) is 60.0 cm³/mol. The Labute approximate surface area is 93.4 Å². The zero-order valence-corrected chi connectivity index (χ0v) is 9.00. The van der Waals surface area contributed by atoms with Crippen LogP contribution in [0.3, 0.4) is 0 Å². The second-order valence-electron chi connectivity index (χ2n) is 3.34. The Hall–Kier alpha value is -1.20. The van der Waals surface area contributed by atoms with Crippen LogP contribution in [0.25, 0.3) is 0 Å². The summed E-state index contributed by atoms with van der Waals surface area (Å²) >= 11 is 4.93. The van der Waals surface area contributed by atoms with E-state index in [1.165, 1.54) is 0 Å². The maximum absolute atomic E-state index is 5.71. The summed E-state index contributed by atoms with van der Waals surface area (Å²) in [6.07, 6.45) is 4.26. The molecule has 2 rings (SSSR count). The predicted octanol–water partition coefficient (Wildman–Crippen LogP) is 0.883. The number of pyridine rings is 1. The van der Waals surface area contributed by atoms with Gasteiger partial charge in [0.15, 0.2) is 0 Å². The molecule has 1 aromatic heterocycles. The van der Waals surface area contributed by atoms with E-state index >= 15 is 0 Å². The Morgan fingerprint density at radius 2 is 2.53 bits per heavy atom. The normalized spacial score (nSPS) is 20.1. The first-order valence-corrected chi connectivity index (χ1v) is 5.16. The van der Waals surface area contributed by atoms with Crippen molar-refractivity contribution >= 4 is 17.2 Å². The van der Waals surface area contributed by atoms with E-state index in [-0.39, 0.29) is 6.10 Å².